The maximum Gasteiger partial charge on any atom is 1.00 e. The molecule has 42 heavy (non-hydrogen) atoms. The van der Waals surface area contributed by atoms with Crippen molar-refractivity contribution in [3.63, 3.8) is 0 Å². The number of hydrogen-bond acceptors (Lipinski definition) is 11. The third-order valence-corrected chi connectivity index (χ3v) is 7.44. The first-order valence-electron chi connectivity index (χ1n) is 10.9. The standard InChI is InChI=1S/C24H19N5O9S2.2Na/c1-37-19-8-12(3-5-16(19)27-26)13-4-6-17(20(9-13)38-2)28-29-24-21(40(34,35)36)10-14-7-15(39(31,32)33)11-18(30)22(14)23(24)25;;/h3-11,25,30H,1-2H3,(H,31,32,33)(H,34,35,36);;/q;2*+1/p-1. The van der Waals surface area contributed by atoms with Crippen molar-refractivity contribution in [1.29, 1.82) is 5.41 Å². The number of aromatic hydroxyl groups is 1. The van der Waals surface area contributed by atoms with Crippen LogP contribution in [0.2, 0.25) is 0 Å². The van der Waals surface area contributed by atoms with Crippen LogP contribution < -0.4 is 59.1 Å². The summed E-state index contributed by atoms with van der Waals surface area (Å²) in [6.45, 7) is 0. The largest absolute Gasteiger partial charge is 1.00 e. The molecule has 0 aliphatic heterocycles. The molecule has 0 radical (unpaired) electrons. The van der Waals surface area contributed by atoms with Gasteiger partial charge in [0, 0.05) is 12.1 Å². The average Bonchev–Trinajstić information content (AvgIpc) is 2.90. The minimum atomic E-state index is -5.27. The molecule has 0 saturated carbocycles. The number of phenolic OH excluding ortho intramolecular Hbond substituents is 1. The first-order chi connectivity index (χ1) is 18.8. The summed E-state index contributed by atoms with van der Waals surface area (Å²) in [4.78, 5) is 1.36. The Labute approximate surface area is 284 Å². The molecule has 0 heterocycles. The van der Waals surface area contributed by atoms with E-state index in [0.717, 1.165) is 12.1 Å². The van der Waals surface area contributed by atoms with Crippen LogP contribution in [-0.4, -0.2) is 72.9 Å². The molecule has 3 aliphatic carbocycles. The second-order valence-corrected chi connectivity index (χ2v) is 10.9. The first kappa shape index (κ1) is 35.5. The first-order valence-corrected chi connectivity index (χ1v) is 13.7. The van der Waals surface area contributed by atoms with E-state index < -0.39 is 47.2 Å². The van der Waals surface area contributed by atoms with Crippen LogP contribution in [0.3, 0.4) is 0 Å². The molecule has 3 N–H and O–H groups in total. The number of phenols is 1. The van der Waals surface area contributed by atoms with Gasteiger partial charge in [-0.3, -0.25) is 9.96 Å². The molecule has 4 rings (SSSR count). The summed E-state index contributed by atoms with van der Waals surface area (Å²) in [5.41, 5.74) is 8.58. The van der Waals surface area contributed by atoms with Gasteiger partial charge in [0.2, 0.25) is 5.76 Å². The van der Waals surface area contributed by atoms with Gasteiger partial charge in [-0.15, -0.1) is 10.2 Å². The van der Waals surface area contributed by atoms with Crippen molar-refractivity contribution in [1.82, 2.24) is 0 Å². The summed E-state index contributed by atoms with van der Waals surface area (Å²) < 4.78 is 79.0. The number of benzene rings is 1. The van der Waals surface area contributed by atoms with E-state index in [1.165, 1.54) is 26.4 Å². The fraction of sp³-hybridized carbons (Fsp3) is 0.0833. The van der Waals surface area contributed by atoms with Crippen LogP contribution in [0.4, 0.5) is 0 Å². The van der Waals surface area contributed by atoms with E-state index in [1.54, 1.807) is 24.3 Å². The maximum atomic E-state index is 12.0. The van der Waals surface area contributed by atoms with Crippen molar-refractivity contribution in [3.8, 4) is 5.75 Å². The molecule has 1 aromatic rings. The Kier molecular flexibility index (Phi) is 11.6. The van der Waals surface area contributed by atoms with Crippen LogP contribution in [0, 0.1) is 5.41 Å². The zero-order chi connectivity index (χ0) is 29.4. The number of nitrogens with one attached hydrogen (secondary N) is 1. The molecule has 0 amide bonds. The monoisotopic (exact) mass is 630 g/mol. The molecule has 0 saturated heterocycles. The minimum absolute atomic E-state index is 0. The normalized spacial score (nSPS) is 20.0. The number of hydrogen-bond donors (Lipinski definition) is 3. The average molecular weight is 631 g/mol. The number of nitrogens with zero attached hydrogens (tertiary/aromatic N) is 4. The van der Waals surface area contributed by atoms with Crippen molar-refractivity contribution in [2.24, 2.45) is 10.2 Å². The van der Waals surface area contributed by atoms with E-state index in [0.29, 0.717) is 23.0 Å². The Hall–Kier alpha value is -2.73. The van der Waals surface area contributed by atoms with E-state index in [2.05, 4.69) is 15.0 Å². The molecule has 1 aromatic carbocycles. The zero-order valence-corrected chi connectivity index (χ0v) is 28.2. The van der Waals surface area contributed by atoms with Crippen LogP contribution >= 0.6 is 0 Å². The number of fused-ring (bicyclic) bond motifs is 1. The van der Waals surface area contributed by atoms with Crippen LogP contribution in [0.15, 0.2) is 91.3 Å². The molecule has 0 atom stereocenters. The number of allylic oxidation sites excluding steroid dienone is 9. The molecule has 0 unspecified atom stereocenters. The molecule has 3 aliphatic rings. The topological polar surface area (TPSA) is 235 Å². The predicted octanol–water partition coefficient (Wildman–Crippen LogP) is -4.12. The van der Waals surface area contributed by atoms with Crippen molar-refractivity contribution in [3.05, 3.63) is 92.8 Å². The van der Waals surface area contributed by atoms with E-state index in [-0.39, 0.29) is 87.4 Å². The predicted molar refractivity (Wildman–Crippen MR) is 141 cm³/mol. The van der Waals surface area contributed by atoms with Crippen molar-refractivity contribution in [2.45, 2.75) is 4.90 Å². The third-order valence-electron chi connectivity index (χ3n) is 5.75. The quantitative estimate of drug-likeness (QED) is 0.0941. The van der Waals surface area contributed by atoms with Gasteiger partial charge in [0.1, 0.15) is 33.1 Å². The van der Waals surface area contributed by atoms with Gasteiger partial charge in [-0.25, -0.2) is 8.42 Å². The van der Waals surface area contributed by atoms with Gasteiger partial charge in [0.25, 0.3) is 10.1 Å². The molecular weight excluding hydrogens is 612 g/mol. The van der Waals surface area contributed by atoms with Crippen molar-refractivity contribution in [2.75, 3.05) is 14.2 Å². The van der Waals surface area contributed by atoms with Gasteiger partial charge < -0.3 is 24.7 Å². The van der Waals surface area contributed by atoms with Gasteiger partial charge in [-0.2, -0.15) is 13.2 Å². The summed E-state index contributed by atoms with van der Waals surface area (Å²) in [7, 11) is -7.32. The van der Waals surface area contributed by atoms with E-state index in [1.807, 2.05) is 0 Å². The van der Waals surface area contributed by atoms with Gasteiger partial charge in [0.05, 0.1) is 35.3 Å². The molecule has 0 fully saturated rings. The van der Waals surface area contributed by atoms with E-state index in [9.17, 15) is 31.0 Å². The summed E-state index contributed by atoms with van der Waals surface area (Å²) >= 11 is 0. The number of methoxy groups -OCH3 is 2. The van der Waals surface area contributed by atoms with Crippen LogP contribution in [0.25, 0.3) is 11.6 Å². The van der Waals surface area contributed by atoms with Gasteiger partial charge in [-0.1, -0.05) is 6.08 Å². The Morgan fingerprint density at radius 3 is 2.07 bits per heavy atom. The minimum Gasteiger partial charge on any atom is -0.744 e. The number of rotatable bonds is 5. The molecule has 0 bridgehead atoms. The second-order valence-electron chi connectivity index (χ2n) is 8.14. The molecule has 0 aromatic heterocycles. The second kappa shape index (κ2) is 13.7. The SMILES string of the molecule is COC1=CC(=C2C=CC(=[N+]=[N-])C(OC)=C2)C=CC1=NN=C1C(=N)c2c(O)cc(S(=O)(=O)O)cc2C=C1S(=O)(=O)[O-].[Na+].[Na+]. The molecule has 0 spiro atoms. The molecular formula is C24H18N5Na2O9S2+. The van der Waals surface area contributed by atoms with Gasteiger partial charge in [-0.05, 0) is 53.2 Å². The summed E-state index contributed by atoms with van der Waals surface area (Å²) in [6, 6.07) is 1.47. The third kappa shape index (κ3) is 7.24. The van der Waals surface area contributed by atoms with Crippen molar-refractivity contribution < 1.29 is 104 Å². The summed E-state index contributed by atoms with van der Waals surface area (Å²) in [6.07, 6.45) is 10.2. The fourth-order valence-electron chi connectivity index (χ4n) is 3.88. The summed E-state index contributed by atoms with van der Waals surface area (Å²) in [5, 5.41) is 26.5. The molecule has 18 heteroatoms. The smallest absolute Gasteiger partial charge is 0.744 e. The Balaban J connectivity index is 0.00000308. The molecule has 14 nitrogen and oxygen atoms in total. The van der Waals surface area contributed by atoms with Crippen molar-refractivity contribution >= 4 is 49.2 Å². The van der Waals surface area contributed by atoms with Crippen LogP contribution in [0.1, 0.15) is 11.1 Å². The zero-order valence-electron chi connectivity index (χ0n) is 22.6. The number of ether oxygens (including phenoxy) is 2. The Morgan fingerprint density at radius 2 is 1.52 bits per heavy atom. The van der Waals surface area contributed by atoms with Gasteiger partial charge >= 0.3 is 64.8 Å². The van der Waals surface area contributed by atoms with E-state index >= 15 is 0 Å². The van der Waals surface area contributed by atoms with Gasteiger partial charge in [0.15, 0.2) is 0 Å². The Morgan fingerprint density at radius 1 is 0.929 bits per heavy atom. The maximum absolute atomic E-state index is 12.0. The van der Waals surface area contributed by atoms with Crippen LogP contribution in [-0.2, 0) is 29.7 Å². The summed E-state index contributed by atoms with van der Waals surface area (Å²) in [5.74, 6) is -0.297. The van der Waals surface area contributed by atoms with E-state index in [4.69, 9.17) is 20.4 Å². The Bertz CT molecular complexity index is 1900. The molecule has 206 valence electrons. The fourth-order valence-corrected chi connectivity index (χ4v) is 5.07. The van der Waals surface area contributed by atoms with Crippen LogP contribution in [0.5, 0.6) is 5.75 Å².